The van der Waals surface area contributed by atoms with Gasteiger partial charge in [0, 0.05) is 17.3 Å². The van der Waals surface area contributed by atoms with Crippen molar-refractivity contribution >= 4 is 28.7 Å². The van der Waals surface area contributed by atoms with E-state index in [1.54, 1.807) is 51.2 Å². The van der Waals surface area contributed by atoms with Crippen LogP contribution in [0.3, 0.4) is 0 Å². The number of nitrogens with zero attached hydrogens (tertiary/aromatic N) is 2. The van der Waals surface area contributed by atoms with Crippen molar-refractivity contribution in [3.63, 3.8) is 0 Å². The molecule has 1 aromatic heterocycles. The molecule has 0 saturated carbocycles. The van der Waals surface area contributed by atoms with E-state index in [9.17, 15) is 14.7 Å². The van der Waals surface area contributed by atoms with Crippen LogP contribution >= 0.6 is 0 Å². The van der Waals surface area contributed by atoms with E-state index < -0.39 is 23.7 Å². The summed E-state index contributed by atoms with van der Waals surface area (Å²) in [6.07, 6.45) is 0.976. The first-order valence-electron chi connectivity index (χ1n) is 7.29. The number of hydrogen-bond donors (Lipinski definition) is 1. The lowest BCUT2D eigenvalue weighted by Gasteiger charge is -2.30. The maximum atomic E-state index is 12.5. The van der Waals surface area contributed by atoms with Crippen LogP contribution < -0.4 is 4.90 Å². The topological polar surface area (TPSA) is 79.7 Å². The predicted molar refractivity (Wildman–Crippen MR) is 87.6 cm³/mol. The molecule has 122 valence electrons. The second-order valence-corrected chi connectivity index (χ2v) is 6.24. The molecule has 0 saturated heterocycles. The third kappa shape index (κ3) is 3.97. The second kappa shape index (κ2) is 6.24. The summed E-state index contributed by atoms with van der Waals surface area (Å²) >= 11 is 0. The van der Waals surface area contributed by atoms with Gasteiger partial charge in [-0.3, -0.25) is 9.88 Å². The summed E-state index contributed by atoms with van der Waals surface area (Å²) in [5, 5.41) is 10.1. The Kier molecular flexibility index (Phi) is 4.54. The number of carboxylic acid groups (broad SMARTS) is 1. The van der Waals surface area contributed by atoms with E-state index in [4.69, 9.17) is 4.74 Å². The standard InChI is InChI=1S/C17H20N2O4/c1-11(15(20)21)19(16(22)23-17(2,3)4)13-7-8-14-12(10-13)6-5-9-18-14/h5-11H,1-4H3,(H,20,21)/t11-/m0/s1. The van der Waals surface area contributed by atoms with Crippen LogP contribution in [0.25, 0.3) is 10.9 Å². The number of fused-ring (bicyclic) bond motifs is 1. The first-order valence-corrected chi connectivity index (χ1v) is 7.29. The van der Waals surface area contributed by atoms with Crippen LogP contribution in [0, 0.1) is 0 Å². The smallest absolute Gasteiger partial charge is 0.415 e. The highest BCUT2D eigenvalue weighted by Gasteiger charge is 2.31. The lowest BCUT2D eigenvalue weighted by Crippen LogP contribution is -2.46. The fourth-order valence-electron chi connectivity index (χ4n) is 2.12. The van der Waals surface area contributed by atoms with Crippen LogP contribution in [0.1, 0.15) is 27.7 Å². The summed E-state index contributed by atoms with van der Waals surface area (Å²) in [7, 11) is 0. The molecule has 1 amide bonds. The van der Waals surface area contributed by atoms with E-state index in [0.29, 0.717) is 5.69 Å². The van der Waals surface area contributed by atoms with Crippen molar-refractivity contribution in [2.45, 2.75) is 39.3 Å². The van der Waals surface area contributed by atoms with Gasteiger partial charge in [-0.1, -0.05) is 6.07 Å². The zero-order valence-corrected chi connectivity index (χ0v) is 13.6. The molecule has 0 unspecified atom stereocenters. The highest BCUT2D eigenvalue weighted by Crippen LogP contribution is 2.25. The molecule has 0 bridgehead atoms. The van der Waals surface area contributed by atoms with Crippen molar-refractivity contribution in [2.75, 3.05) is 4.90 Å². The maximum absolute atomic E-state index is 12.5. The number of hydrogen-bond acceptors (Lipinski definition) is 4. The van der Waals surface area contributed by atoms with Crippen LogP contribution in [0.2, 0.25) is 0 Å². The zero-order valence-electron chi connectivity index (χ0n) is 13.6. The Labute approximate surface area is 134 Å². The minimum atomic E-state index is -1.11. The average Bonchev–Trinajstić information content (AvgIpc) is 2.45. The van der Waals surface area contributed by atoms with Crippen LogP contribution in [0.5, 0.6) is 0 Å². The average molecular weight is 316 g/mol. The molecule has 0 aliphatic heterocycles. The summed E-state index contributed by atoms with van der Waals surface area (Å²) in [6.45, 7) is 6.65. The molecular formula is C17H20N2O4. The third-order valence-electron chi connectivity index (χ3n) is 3.20. The Morgan fingerprint density at radius 3 is 2.57 bits per heavy atom. The van der Waals surface area contributed by atoms with E-state index in [2.05, 4.69) is 4.98 Å². The second-order valence-electron chi connectivity index (χ2n) is 6.24. The van der Waals surface area contributed by atoms with Gasteiger partial charge in [-0.15, -0.1) is 0 Å². The molecular weight excluding hydrogens is 296 g/mol. The van der Waals surface area contributed by atoms with Gasteiger partial charge >= 0.3 is 12.1 Å². The molecule has 1 atom stereocenters. The number of pyridine rings is 1. The molecule has 0 aliphatic rings. The van der Waals surface area contributed by atoms with Crippen LogP contribution in [-0.4, -0.2) is 33.8 Å². The SMILES string of the molecule is C[C@@H](C(=O)O)N(C(=O)OC(C)(C)C)c1ccc2ncccc2c1. The Bertz CT molecular complexity index is 737. The van der Waals surface area contributed by atoms with Gasteiger partial charge in [0.25, 0.3) is 0 Å². The van der Waals surface area contributed by atoms with Crippen LogP contribution in [-0.2, 0) is 9.53 Å². The van der Waals surface area contributed by atoms with Gasteiger partial charge in [-0.05, 0) is 52.0 Å². The van der Waals surface area contributed by atoms with Gasteiger partial charge in [0.1, 0.15) is 11.6 Å². The summed E-state index contributed by atoms with van der Waals surface area (Å²) in [5.41, 5.74) is 0.504. The van der Waals surface area contributed by atoms with Crippen molar-refractivity contribution in [3.05, 3.63) is 36.5 Å². The minimum absolute atomic E-state index is 0.453. The summed E-state index contributed by atoms with van der Waals surface area (Å²) in [5.74, 6) is -1.11. The fraction of sp³-hybridized carbons (Fsp3) is 0.353. The number of carboxylic acids is 1. The van der Waals surface area contributed by atoms with Crippen molar-refractivity contribution in [1.29, 1.82) is 0 Å². The number of carbonyl (C=O) groups is 2. The fourth-order valence-corrected chi connectivity index (χ4v) is 2.12. The molecule has 0 spiro atoms. The number of benzene rings is 1. The van der Waals surface area contributed by atoms with E-state index in [-0.39, 0.29) is 0 Å². The molecule has 23 heavy (non-hydrogen) atoms. The molecule has 2 rings (SSSR count). The van der Waals surface area contributed by atoms with E-state index in [0.717, 1.165) is 15.8 Å². The van der Waals surface area contributed by atoms with Crippen molar-refractivity contribution < 1.29 is 19.4 Å². The minimum Gasteiger partial charge on any atom is -0.480 e. The largest absolute Gasteiger partial charge is 0.480 e. The third-order valence-corrected chi connectivity index (χ3v) is 3.20. The molecule has 0 aliphatic carbocycles. The molecule has 6 nitrogen and oxygen atoms in total. The summed E-state index contributed by atoms with van der Waals surface area (Å²) < 4.78 is 5.35. The van der Waals surface area contributed by atoms with Gasteiger partial charge < -0.3 is 9.84 Å². The molecule has 0 fully saturated rings. The van der Waals surface area contributed by atoms with E-state index >= 15 is 0 Å². The number of rotatable bonds is 3. The zero-order chi connectivity index (χ0) is 17.2. The predicted octanol–water partition coefficient (Wildman–Crippen LogP) is 3.45. The van der Waals surface area contributed by atoms with Gasteiger partial charge in [-0.2, -0.15) is 0 Å². The molecule has 2 aromatic rings. The first kappa shape index (κ1) is 16.7. The molecule has 6 heteroatoms. The van der Waals surface area contributed by atoms with Gasteiger partial charge in [-0.25, -0.2) is 9.59 Å². The lowest BCUT2D eigenvalue weighted by atomic mass is 10.1. The Balaban J connectivity index is 2.46. The summed E-state index contributed by atoms with van der Waals surface area (Å²) in [6, 6.07) is 7.72. The molecule has 1 N–H and O–H groups in total. The Morgan fingerprint density at radius 2 is 1.96 bits per heavy atom. The number of anilines is 1. The van der Waals surface area contributed by atoms with Crippen LogP contribution in [0.4, 0.5) is 10.5 Å². The lowest BCUT2D eigenvalue weighted by molar-refractivity contribution is -0.138. The quantitative estimate of drug-likeness (QED) is 0.938. The first-order chi connectivity index (χ1) is 10.7. The number of amides is 1. The highest BCUT2D eigenvalue weighted by molar-refractivity contribution is 5.97. The highest BCUT2D eigenvalue weighted by atomic mass is 16.6. The maximum Gasteiger partial charge on any atom is 0.415 e. The van der Waals surface area contributed by atoms with Crippen molar-refractivity contribution in [2.24, 2.45) is 0 Å². The van der Waals surface area contributed by atoms with Crippen molar-refractivity contribution in [1.82, 2.24) is 4.98 Å². The number of aliphatic carboxylic acids is 1. The molecule has 1 heterocycles. The van der Waals surface area contributed by atoms with E-state index in [1.165, 1.54) is 6.92 Å². The van der Waals surface area contributed by atoms with Gasteiger partial charge in [0.2, 0.25) is 0 Å². The Hall–Kier alpha value is -2.63. The van der Waals surface area contributed by atoms with E-state index in [1.807, 2.05) is 6.07 Å². The number of ether oxygens (including phenoxy) is 1. The monoisotopic (exact) mass is 316 g/mol. The normalized spacial score (nSPS) is 12.7. The molecule has 0 radical (unpaired) electrons. The van der Waals surface area contributed by atoms with Gasteiger partial charge in [0.05, 0.1) is 5.52 Å². The number of aromatic nitrogens is 1. The summed E-state index contributed by atoms with van der Waals surface area (Å²) in [4.78, 5) is 29.2. The number of carbonyl (C=O) groups excluding carboxylic acids is 1. The Morgan fingerprint density at radius 1 is 1.26 bits per heavy atom. The van der Waals surface area contributed by atoms with Crippen LogP contribution in [0.15, 0.2) is 36.5 Å². The van der Waals surface area contributed by atoms with Crippen molar-refractivity contribution in [3.8, 4) is 0 Å². The van der Waals surface area contributed by atoms with Gasteiger partial charge in [0.15, 0.2) is 0 Å². The molecule has 1 aromatic carbocycles.